The van der Waals surface area contributed by atoms with Crippen LogP contribution >= 0.6 is 0 Å². The number of nitrogens with zero attached hydrogens (tertiary/aromatic N) is 1. The number of carbonyl (C=O) groups is 3. The van der Waals surface area contributed by atoms with Crippen molar-refractivity contribution in [1.82, 2.24) is 9.62 Å². The van der Waals surface area contributed by atoms with Crippen molar-refractivity contribution >= 4 is 27.4 Å². The average molecular weight is 505 g/mol. The molecule has 11 heteroatoms. The highest BCUT2D eigenvalue weighted by atomic mass is 32.2. The first-order chi connectivity index (χ1) is 16.2. The molecule has 2 aliphatic heterocycles. The Morgan fingerprint density at radius 3 is 2.31 bits per heavy atom. The number of nitrogens with one attached hydrogen (secondary N) is 1. The van der Waals surface area contributed by atoms with Gasteiger partial charge in [-0.3, -0.25) is 14.4 Å². The van der Waals surface area contributed by atoms with Crippen molar-refractivity contribution in [1.29, 1.82) is 0 Å². The van der Waals surface area contributed by atoms with Gasteiger partial charge >= 0.3 is 0 Å². The average Bonchev–Trinajstić information content (AvgIpc) is 3.05. The van der Waals surface area contributed by atoms with Crippen LogP contribution < -0.4 is 10.1 Å². The number of piperidine rings is 1. The SMILES string of the molecule is CC(=O)c1c(O)c(C)c(O)c2c1OC1=CC(=O)/C(=C(/C)NC3CCN(S(C)(=O)=O)CC3)C(=O)[C@@]12C. The van der Waals surface area contributed by atoms with E-state index < -0.39 is 38.5 Å². The van der Waals surface area contributed by atoms with E-state index in [0.717, 1.165) is 6.26 Å². The van der Waals surface area contributed by atoms with Gasteiger partial charge in [-0.05, 0) is 40.5 Å². The Hall–Kier alpha value is -3.18. The number of fused-ring (bicyclic) bond motifs is 3. The van der Waals surface area contributed by atoms with Crippen LogP contribution in [0, 0.1) is 6.92 Å². The van der Waals surface area contributed by atoms with Gasteiger partial charge in [0.2, 0.25) is 10.0 Å². The Morgan fingerprint density at radius 1 is 1.17 bits per heavy atom. The van der Waals surface area contributed by atoms with Gasteiger partial charge in [-0.15, -0.1) is 0 Å². The third-order valence-electron chi connectivity index (χ3n) is 7.10. The second-order valence-electron chi connectivity index (χ2n) is 9.47. The summed E-state index contributed by atoms with van der Waals surface area (Å²) in [6.45, 7) is 6.43. The number of Topliss-reactive ketones (excluding diaryl/α,β-unsaturated/α-hetero) is 2. The third-order valence-corrected chi connectivity index (χ3v) is 8.41. The summed E-state index contributed by atoms with van der Waals surface area (Å²) < 4.78 is 30.7. The van der Waals surface area contributed by atoms with E-state index in [9.17, 15) is 33.0 Å². The lowest BCUT2D eigenvalue weighted by atomic mass is 9.70. The number of ketones is 3. The highest BCUT2D eigenvalue weighted by Gasteiger charge is 2.56. The summed E-state index contributed by atoms with van der Waals surface area (Å²) in [4.78, 5) is 39.1. The fraction of sp³-hybridized carbons (Fsp3) is 0.458. The van der Waals surface area contributed by atoms with E-state index in [0.29, 0.717) is 31.6 Å². The van der Waals surface area contributed by atoms with Crippen LogP contribution in [0.1, 0.15) is 55.1 Å². The molecule has 0 aromatic heterocycles. The first-order valence-corrected chi connectivity index (χ1v) is 13.1. The van der Waals surface area contributed by atoms with Crippen LogP contribution in [0.15, 0.2) is 23.1 Å². The molecule has 188 valence electrons. The fourth-order valence-electron chi connectivity index (χ4n) is 5.07. The quantitative estimate of drug-likeness (QED) is 0.315. The molecule has 0 amide bonds. The van der Waals surface area contributed by atoms with E-state index in [2.05, 4.69) is 5.32 Å². The zero-order valence-electron chi connectivity index (χ0n) is 20.2. The van der Waals surface area contributed by atoms with Gasteiger partial charge in [0.15, 0.2) is 17.3 Å². The van der Waals surface area contributed by atoms with Gasteiger partial charge in [0.25, 0.3) is 0 Å². The number of benzene rings is 1. The molecule has 0 unspecified atom stereocenters. The molecule has 0 bridgehead atoms. The molecule has 1 aromatic carbocycles. The van der Waals surface area contributed by atoms with Gasteiger partial charge < -0.3 is 20.3 Å². The van der Waals surface area contributed by atoms with E-state index >= 15 is 0 Å². The van der Waals surface area contributed by atoms with Crippen LogP contribution in [0.2, 0.25) is 0 Å². The molecule has 2 heterocycles. The van der Waals surface area contributed by atoms with Crippen LogP contribution in [0.4, 0.5) is 0 Å². The van der Waals surface area contributed by atoms with E-state index in [1.807, 2.05) is 0 Å². The Morgan fingerprint density at radius 2 is 1.77 bits per heavy atom. The minimum absolute atomic E-state index is 0.0247. The second kappa shape index (κ2) is 8.20. The molecule has 1 aromatic rings. The van der Waals surface area contributed by atoms with Gasteiger partial charge in [0.1, 0.15) is 34.0 Å². The minimum Gasteiger partial charge on any atom is -0.507 e. The predicted octanol–water partition coefficient (Wildman–Crippen LogP) is 1.58. The van der Waals surface area contributed by atoms with Gasteiger partial charge in [-0.2, -0.15) is 0 Å². The summed E-state index contributed by atoms with van der Waals surface area (Å²) in [7, 11) is -3.28. The zero-order chi connectivity index (χ0) is 26.0. The van der Waals surface area contributed by atoms with Crippen molar-refractivity contribution < 1.29 is 37.8 Å². The Labute approximate surface area is 203 Å². The number of hydrogen-bond acceptors (Lipinski definition) is 9. The molecule has 3 aliphatic rings. The van der Waals surface area contributed by atoms with Crippen molar-refractivity contribution in [3.8, 4) is 17.2 Å². The molecule has 10 nitrogen and oxygen atoms in total. The lowest BCUT2D eigenvalue weighted by Gasteiger charge is -2.33. The number of ether oxygens (including phenoxy) is 1. The van der Waals surface area contributed by atoms with Crippen LogP contribution in [0.5, 0.6) is 17.2 Å². The highest BCUT2D eigenvalue weighted by Crippen LogP contribution is 2.57. The number of hydrogen-bond donors (Lipinski definition) is 3. The molecule has 1 fully saturated rings. The van der Waals surface area contributed by atoms with Crippen molar-refractivity contribution in [3.63, 3.8) is 0 Å². The lowest BCUT2D eigenvalue weighted by Crippen LogP contribution is -2.45. The molecular weight excluding hydrogens is 476 g/mol. The first kappa shape index (κ1) is 24.9. The van der Waals surface area contributed by atoms with E-state index in [1.54, 1.807) is 6.92 Å². The predicted molar refractivity (Wildman–Crippen MR) is 126 cm³/mol. The monoisotopic (exact) mass is 504 g/mol. The standard InChI is InChI=1S/C24H28N2O8S/c1-11-20(29)18(13(3)27)22-19(21(11)30)24(4)16(34-22)10-15(28)17(23(24)31)12(2)25-14-6-8-26(9-7-14)35(5,32)33/h10,14,25,29-30H,6-9H2,1-5H3/b17-12+/t24-/m0/s1. The molecule has 1 saturated heterocycles. The number of rotatable bonds is 4. The summed E-state index contributed by atoms with van der Waals surface area (Å²) in [5.41, 5.74) is -1.44. The summed E-state index contributed by atoms with van der Waals surface area (Å²) in [6.07, 6.45) is 3.34. The number of phenolic OH excluding ortho intramolecular Hbond substituents is 2. The second-order valence-corrected chi connectivity index (χ2v) is 11.4. The number of phenols is 2. The number of sulfonamides is 1. The van der Waals surface area contributed by atoms with Gasteiger partial charge in [0.05, 0.1) is 17.4 Å². The minimum atomic E-state index is -3.28. The summed E-state index contributed by atoms with van der Waals surface area (Å²) in [6, 6.07) is -0.136. The first-order valence-electron chi connectivity index (χ1n) is 11.2. The maximum absolute atomic E-state index is 13.8. The molecule has 0 radical (unpaired) electrons. The molecule has 1 atom stereocenters. The summed E-state index contributed by atoms with van der Waals surface area (Å²) >= 11 is 0. The lowest BCUT2D eigenvalue weighted by molar-refractivity contribution is -0.123. The zero-order valence-corrected chi connectivity index (χ0v) is 21.0. The summed E-state index contributed by atoms with van der Waals surface area (Å²) in [5.74, 6) is -2.68. The molecule has 35 heavy (non-hydrogen) atoms. The highest BCUT2D eigenvalue weighted by molar-refractivity contribution is 7.88. The Kier molecular flexibility index (Phi) is 5.84. The molecular formula is C24H28N2O8S. The summed E-state index contributed by atoms with van der Waals surface area (Å²) in [5, 5.41) is 24.5. The van der Waals surface area contributed by atoms with Gasteiger partial charge in [0, 0.05) is 36.5 Å². The van der Waals surface area contributed by atoms with Crippen LogP contribution in [-0.4, -0.2) is 65.7 Å². The maximum Gasteiger partial charge on any atom is 0.211 e. The molecule has 1 aliphatic carbocycles. The van der Waals surface area contributed by atoms with E-state index in [1.165, 1.54) is 31.2 Å². The van der Waals surface area contributed by atoms with Gasteiger partial charge in [-0.1, -0.05) is 0 Å². The van der Waals surface area contributed by atoms with Crippen molar-refractivity contribution in [2.45, 2.75) is 52.0 Å². The number of allylic oxidation sites excluding steroid dienone is 4. The van der Waals surface area contributed by atoms with Crippen molar-refractivity contribution in [3.05, 3.63) is 39.8 Å². The van der Waals surface area contributed by atoms with Crippen LogP contribution in [-0.2, 0) is 25.0 Å². The number of carbonyl (C=O) groups excluding carboxylic acids is 3. The third kappa shape index (κ3) is 3.73. The smallest absolute Gasteiger partial charge is 0.211 e. The Bertz CT molecular complexity index is 1350. The molecule has 0 spiro atoms. The molecule has 0 saturated carbocycles. The number of aromatic hydroxyl groups is 2. The fourth-order valence-corrected chi connectivity index (χ4v) is 5.95. The largest absolute Gasteiger partial charge is 0.507 e. The molecule has 3 N–H and O–H groups in total. The van der Waals surface area contributed by atoms with Crippen LogP contribution in [0.25, 0.3) is 0 Å². The van der Waals surface area contributed by atoms with Gasteiger partial charge in [-0.25, -0.2) is 12.7 Å². The van der Waals surface area contributed by atoms with Crippen LogP contribution in [0.3, 0.4) is 0 Å². The topological polar surface area (TPSA) is 150 Å². The molecule has 4 rings (SSSR count). The van der Waals surface area contributed by atoms with E-state index in [4.69, 9.17) is 4.74 Å². The van der Waals surface area contributed by atoms with Crippen molar-refractivity contribution in [2.24, 2.45) is 0 Å². The van der Waals surface area contributed by atoms with Crippen molar-refractivity contribution in [2.75, 3.05) is 19.3 Å². The normalized spacial score (nSPS) is 24.4. The van der Waals surface area contributed by atoms with E-state index in [-0.39, 0.29) is 45.6 Å². The maximum atomic E-state index is 13.8. The Balaban J connectivity index is 1.74.